The molecule has 0 bridgehead atoms. The van der Waals surface area contributed by atoms with Gasteiger partial charge in [0, 0.05) is 12.8 Å². The summed E-state index contributed by atoms with van der Waals surface area (Å²) >= 11 is 0. The zero-order valence-corrected chi connectivity index (χ0v) is 22.6. The average molecular weight is 556 g/mol. The van der Waals surface area contributed by atoms with Gasteiger partial charge >= 0.3 is 5.97 Å². The normalized spacial score (nSPS) is 13.0. The highest BCUT2D eigenvalue weighted by molar-refractivity contribution is 5.93. The van der Waals surface area contributed by atoms with Crippen LogP contribution in [0.25, 0.3) is 0 Å². The molecule has 40 heavy (non-hydrogen) atoms. The maximum absolute atomic E-state index is 12.9. The molecule has 216 valence electrons. The minimum absolute atomic E-state index is 0.0259. The summed E-state index contributed by atoms with van der Waals surface area (Å²) in [4.78, 5) is 61.5. The van der Waals surface area contributed by atoms with E-state index in [-0.39, 0.29) is 24.5 Å². The fourth-order valence-electron chi connectivity index (χ4n) is 3.80. The average Bonchev–Trinajstić information content (AvgIpc) is 2.91. The predicted octanol–water partition coefficient (Wildman–Crippen LogP) is -0.163. The van der Waals surface area contributed by atoms with Gasteiger partial charge in [-0.2, -0.15) is 0 Å². The van der Waals surface area contributed by atoms with Gasteiger partial charge in [-0.3, -0.25) is 19.2 Å². The maximum Gasteiger partial charge on any atom is 0.326 e. The van der Waals surface area contributed by atoms with Gasteiger partial charge in [0.25, 0.3) is 0 Å². The van der Waals surface area contributed by atoms with Gasteiger partial charge in [-0.15, -0.1) is 0 Å². The number of carboxylic acid groups (broad SMARTS) is 1. The van der Waals surface area contributed by atoms with E-state index in [9.17, 15) is 34.2 Å². The van der Waals surface area contributed by atoms with Crippen molar-refractivity contribution in [2.75, 3.05) is 13.1 Å². The van der Waals surface area contributed by atoms with E-state index in [1.54, 1.807) is 24.3 Å². The molecule has 8 N–H and O–H groups in total. The molecule has 0 aliphatic heterocycles. The number of benzene rings is 2. The van der Waals surface area contributed by atoms with Crippen molar-refractivity contribution in [3.8, 4) is 5.75 Å². The van der Waals surface area contributed by atoms with Crippen molar-refractivity contribution < 1.29 is 34.2 Å². The molecular weight excluding hydrogens is 518 g/mol. The summed E-state index contributed by atoms with van der Waals surface area (Å²) in [6, 6.07) is 11.9. The Hall–Kier alpha value is -4.45. The molecule has 4 amide bonds. The van der Waals surface area contributed by atoms with Gasteiger partial charge in [0.05, 0.1) is 19.1 Å². The molecular formula is C28H37N5O7. The fraction of sp³-hybridized carbons (Fsp3) is 0.393. The van der Waals surface area contributed by atoms with Crippen LogP contribution in [0, 0.1) is 5.92 Å². The van der Waals surface area contributed by atoms with Crippen molar-refractivity contribution >= 4 is 29.6 Å². The molecule has 0 spiro atoms. The molecule has 2 aromatic carbocycles. The van der Waals surface area contributed by atoms with E-state index in [2.05, 4.69) is 21.3 Å². The van der Waals surface area contributed by atoms with Crippen LogP contribution in [-0.2, 0) is 36.8 Å². The van der Waals surface area contributed by atoms with Crippen LogP contribution < -0.4 is 27.0 Å². The second kappa shape index (κ2) is 15.8. The molecule has 0 aliphatic rings. The molecule has 3 atom stereocenters. The minimum atomic E-state index is -1.26. The summed E-state index contributed by atoms with van der Waals surface area (Å²) in [5, 5.41) is 28.5. The van der Waals surface area contributed by atoms with Gasteiger partial charge in [-0.1, -0.05) is 56.3 Å². The number of aliphatic carboxylic acids is 1. The smallest absolute Gasteiger partial charge is 0.326 e. The molecule has 0 unspecified atom stereocenters. The second-order valence-electron chi connectivity index (χ2n) is 9.81. The summed E-state index contributed by atoms with van der Waals surface area (Å²) in [7, 11) is 0. The first kappa shape index (κ1) is 31.8. The van der Waals surface area contributed by atoms with E-state index < -0.39 is 60.8 Å². The lowest BCUT2D eigenvalue weighted by Gasteiger charge is -2.21. The van der Waals surface area contributed by atoms with Crippen molar-refractivity contribution in [1.82, 2.24) is 21.3 Å². The van der Waals surface area contributed by atoms with Crippen LogP contribution in [0.5, 0.6) is 5.75 Å². The topological polar surface area (TPSA) is 200 Å². The molecule has 12 nitrogen and oxygen atoms in total. The molecule has 0 aliphatic carbocycles. The van der Waals surface area contributed by atoms with Gasteiger partial charge in [0.15, 0.2) is 0 Å². The molecule has 0 radical (unpaired) electrons. The number of hydrogen-bond acceptors (Lipinski definition) is 7. The van der Waals surface area contributed by atoms with Crippen molar-refractivity contribution in [3.05, 3.63) is 65.7 Å². The SMILES string of the molecule is CC(C)C[C@H](N)C(=O)N[C@H](Cc1ccccc1)C(=O)NCC(=O)NCC(=O)N[C@@H](Cc1ccc(O)cc1)C(=O)O. The number of carbonyl (C=O) groups is 5. The van der Waals surface area contributed by atoms with Crippen LogP contribution in [0.2, 0.25) is 0 Å². The van der Waals surface area contributed by atoms with Crippen molar-refractivity contribution in [1.29, 1.82) is 0 Å². The monoisotopic (exact) mass is 555 g/mol. The van der Waals surface area contributed by atoms with E-state index in [0.717, 1.165) is 5.56 Å². The van der Waals surface area contributed by atoms with Crippen molar-refractivity contribution in [2.24, 2.45) is 11.7 Å². The first-order valence-electron chi connectivity index (χ1n) is 12.9. The van der Waals surface area contributed by atoms with E-state index in [4.69, 9.17) is 5.73 Å². The first-order chi connectivity index (χ1) is 18.9. The van der Waals surface area contributed by atoms with E-state index in [1.807, 2.05) is 19.9 Å². The van der Waals surface area contributed by atoms with Gasteiger partial charge in [0.1, 0.15) is 17.8 Å². The summed E-state index contributed by atoms with van der Waals surface area (Å²) in [6.07, 6.45) is 0.586. The molecule has 0 heterocycles. The molecule has 12 heteroatoms. The Morgan fingerprint density at radius 3 is 1.93 bits per heavy atom. The molecule has 0 saturated carbocycles. The number of nitrogens with one attached hydrogen (secondary N) is 4. The van der Waals surface area contributed by atoms with Crippen LogP contribution in [-0.4, -0.2) is 71.0 Å². The first-order valence-corrected chi connectivity index (χ1v) is 12.9. The van der Waals surface area contributed by atoms with Crippen LogP contribution in [0.15, 0.2) is 54.6 Å². The molecule has 2 rings (SSSR count). The van der Waals surface area contributed by atoms with E-state index in [0.29, 0.717) is 12.0 Å². The quantitative estimate of drug-likeness (QED) is 0.157. The highest BCUT2D eigenvalue weighted by atomic mass is 16.4. The van der Waals surface area contributed by atoms with Crippen molar-refractivity contribution in [3.63, 3.8) is 0 Å². The molecule has 0 saturated heterocycles. The Balaban J connectivity index is 1.88. The Kier molecular flexibility index (Phi) is 12.6. The third-order valence-electron chi connectivity index (χ3n) is 5.86. The molecule has 0 aromatic heterocycles. The number of phenolic OH excluding ortho intramolecular Hbond substituents is 1. The van der Waals surface area contributed by atoms with Crippen LogP contribution in [0.3, 0.4) is 0 Å². The maximum atomic E-state index is 12.9. The third kappa shape index (κ3) is 11.5. The lowest BCUT2D eigenvalue weighted by Crippen LogP contribution is -2.54. The number of aromatic hydroxyl groups is 1. The van der Waals surface area contributed by atoms with Gasteiger partial charge in [-0.25, -0.2) is 4.79 Å². The number of hydrogen-bond donors (Lipinski definition) is 7. The highest BCUT2D eigenvalue weighted by Gasteiger charge is 2.25. The van der Waals surface area contributed by atoms with Gasteiger partial charge in [0.2, 0.25) is 23.6 Å². The number of carboxylic acids is 1. The van der Waals surface area contributed by atoms with Gasteiger partial charge < -0.3 is 37.2 Å². The number of nitrogens with two attached hydrogens (primary N) is 1. The summed E-state index contributed by atoms with van der Waals surface area (Å²) < 4.78 is 0. The number of amides is 4. The number of rotatable bonds is 15. The fourth-order valence-corrected chi connectivity index (χ4v) is 3.80. The molecule has 0 fully saturated rings. The number of carbonyl (C=O) groups excluding carboxylic acids is 4. The summed E-state index contributed by atoms with van der Waals surface area (Å²) in [5.74, 6) is -3.56. The zero-order valence-electron chi connectivity index (χ0n) is 22.6. The number of phenols is 1. The van der Waals surface area contributed by atoms with Crippen LogP contribution in [0.1, 0.15) is 31.4 Å². The van der Waals surface area contributed by atoms with E-state index in [1.165, 1.54) is 24.3 Å². The van der Waals surface area contributed by atoms with Crippen LogP contribution in [0.4, 0.5) is 0 Å². The predicted molar refractivity (Wildman–Crippen MR) is 147 cm³/mol. The highest BCUT2D eigenvalue weighted by Crippen LogP contribution is 2.11. The summed E-state index contributed by atoms with van der Waals surface area (Å²) in [6.45, 7) is 2.87. The molecule has 2 aromatic rings. The van der Waals surface area contributed by atoms with Crippen LogP contribution >= 0.6 is 0 Å². The Labute approximate surface area is 232 Å². The lowest BCUT2D eigenvalue weighted by molar-refractivity contribution is -0.141. The zero-order chi connectivity index (χ0) is 29.7. The minimum Gasteiger partial charge on any atom is -0.508 e. The third-order valence-corrected chi connectivity index (χ3v) is 5.86. The Bertz CT molecular complexity index is 1160. The van der Waals surface area contributed by atoms with Crippen molar-refractivity contribution in [2.45, 2.75) is 51.2 Å². The van der Waals surface area contributed by atoms with E-state index >= 15 is 0 Å². The Morgan fingerprint density at radius 2 is 1.32 bits per heavy atom. The lowest BCUT2D eigenvalue weighted by atomic mass is 10.0. The largest absolute Gasteiger partial charge is 0.508 e. The summed E-state index contributed by atoms with van der Waals surface area (Å²) in [5.41, 5.74) is 7.34. The standard InChI is InChI=1S/C28H37N5O7/c1-17(2)12-21(29)26(37)33-22(13-18-6-4-3-5-7-18)27(38)31-15-24(35)30-16-25(36)32-23(28(39)40)14-19-8-10-20(34)11-9-19/h3-11,17,21-23,34H,12-16,29H2,1-2H3,(H,30,35)(H,31,38)(H,32,36)(H,33,37)(H,39,40)/t21-,22+,23-/m0/s1. The van der Waals surface area contributed by atoms with Gasteiger partial charge in [-0.05, 0) is 35.6 Å². The Morgan fingerprint density at radius 1 is 0.750 bits per heavy atom. The second-order valence-corrected chi connectivity index (χ2v) is 9.81.